The maximum absolute atomic E-state index is 16.6. The lowest BCUT2D eigenvalue weighted by Gasteiger charge is -2.19. The van der Waals surface area contributed by atoms with Gasteiger partial charge in [0.1, 0.15) is 0 Å². The quantitative estimate of drug-likeness (QED) is 0.0575. The lowest BCUT2D eigenvalue weighted by atomic mass is 9.95. The summed E-state index contributed by atoms with van der Waals surface area (Å²) in [6, 6.07) is 16.7. The minimum Gasteiger partial charge on any atom is -0.382 e. The number of hydrogen-bond acceptors (Lipinski definition) is 5. The van der Waals surface area contributed by atoms with Crippen LogP contribution >= 0.6 is 24.2 Å². The molecule has 4 atom stereocenters. The van der Waals surface area contributed by atoms with Gasteiger partial charge in [0, 0.05) is 42.8 Å². The Balaban J connectivity index is 1.36. The lowest BCUT2D eigenvalue weighted by molar-refractivity contribution is 0.464. The van der Waals surface area contributed by atoms with Gasteiger partial charge in [0.15, 0.2) is 11.7 Å². The molecule has 1 saturated heterocycles. The van der Waals surface area contributed by atoms with Crippen molar-refractivity contribution in [1.29, 1.82) is 0 Å². The van der Waals surface area contributed by atoms with Gasteiger partial charge in [-0.25, -0.2) is 9.38 Å². The average molecular weight is 608 g/mol. The Morgan fingerprint density at radius 1 is 1.12 bits per heavy atom. The second-order valence-corrected chi connectivity index (χ2v) is 12.6. The molecule has 0 radical (unpaired) electrons. The van der Waals surface area contributed by atoms with Crippen molar-refractivity contribution >= 4 is 53.2 Å². The molecule has 5 rings (SSSR count). The molecule has 0 aromatic heterocycles. The van der Waals surface area contributed by atoms with Crippen molar-refractivity contribution in [1.82, 2.24) is 4.90 Å². The van der Waals surface area contributed by atoms with Crippen molar-refractivity contribution in [3.05, 3.63) is 64.9 Å². The van der Waals surface area contributed by atoms with Gasteiger partial charge in [0.2, 0.25) is 0 Å². The van der Waals surface area contributed by atoms with Crippen LogP contribution in [0.15, 0.2) is 58.5 Å². The number of unbranched alkanes of at least 4 members (excludes halogenated alkanes) is 2. The van der Waals surface area contributed by atoms with E-state index in [9.17, 15) is 0 Å². The first-order chi connectivity index (χ1) is 20.5. The summed E-state index contributed by atoms with van der Waals surface area (Å²) in [5, 5.41) is 5.73. The summed E-state index contributed by atoms with van der Waals surface area (Å²) in [4.78, 5) is 11.6. The number of rotatable bonds is 14. The molecular weight excluding hydrogens is 565 g/mol. The molecule has 8 heteroatoms. The Kier molecular flexibility index (Phi) is 10.9. The van der Waals surface area contributed by atoms with Crippen molar-refractivity contribution in [2.45, 2.75) is 63.5 Å². The van der Waals surface area contributed by atoms with E-state index in [1.165, 1.54) is 19.4 Å². The summed E-state index contributed by atoms with van der Waals surface area (Å²) in [6.07, 6.45) is 8.59. The highest BCUT2D eigenvalue weighted by molar-refractivity contribution is 7.80. The number of amidine groups is 1. The van der Waals surface area contributed by atoms with E-state index in [2.05, 4.69) is 34.6 Å². The monoisotopic (exact) mass is 607 g/mol. The summed E-state index contributed by atoms with van der Waals surface area (Å²) < 4.78 is 16.6. The third-order valence-corrected chi connectivity index (χ3v) is 9.31. The molecule has 4 unspecified atom stereocenters. The second-order valence-electron chi connectivity index (χ2n) is 11.8. The average Bonchev–Trinajstić information content (AvgIpc) is 3.62. The fourth-order valence-electron chi connectivity index (χ4n) is 6.30. The van der Waals surface area contributed by atoms with Crippen LogP contribution in [0.3, 0.4) is 0 Å². The summed E-state index contributed by atoms with van der Waals surface area (Å²) in [7, 11) is 0. The largest absolute Gasteiger partial charge is 0.382 e. The maximum atomic E-state index is 16.6. The summed E-state index contributed by atoms with van der Waals surface area (Å²) >= 11 is 11.2. The number of nitrogens with one attached hydrogen (secondary N) is 1. The van der Waals surface area contributed by atoms with Gasteiger partial charge < -0.3 is 11.1 Å². The molecule has 3 aromatic rings. The van der Waals surface area contributed by atoms with E-state index < -0.39 is 0 Å². The molecule has 1 aliphatic carbocycles. The molecule has 3 N–H and O–H groups in total. The number of halogens is 2. The molecule has 0 amide bonds. The van der Waals surface area contributed by atoms with Gasteiger partial charge in [-0.15, -0.1) is 0 Å². The maximum Gasteiger partial charge on any atom is 0.156 e. The van der Waals surface area contributed by atoms with Crippen LogP contribution in [-0.2, 0) is 0 Å². The van der Waals surface area contributed by atoms with Gasteiger partial charge in [-0.05, 0) is 92.3 Å². The van der Waals surface area contributed by atoms with E-state index >= 15 is 4.39 Å². The third-order valence-electron chi connectivity index (χ3n) is 8.70. The fraction of sp³-hybridized carbons (Fsp3) is 0.471. The van der Waals surface area contributed by atoms with Crippen LogP contribution in [0.5, 0.6) is 0 Å². The smallest absolute Gasteiger partial charge is 0.156 e. The summed E-state index contributed by atoms with van der Waals surface area (Å²) in [5.74, 6) is 1.40. The molecule has 5 nitrogen and oxygen atoms in total. The predicted octanol–water partition coefficient (Wildman–Crippen LogP) is 7.85. The van der Waals surface area contributed by atoms with Crippen LogP contribution in [0.25, 0.3) is 21.9 Å². The Bertz CT molecular complexity index is 1410. The first-order valence-electron chi connectivity index (χ1n) is 15.4. The number of hydrogen-bond donors (Lipinski definition) is 3. The number of fused-ring (bicyclic) bond motifs is 1. The molecule has 2 aliphatic rings. The molecular formula is C34H43ClFN5S. The zero-order chi connectivity index (χ0) is 29.5. The molecule has 0 bridgehead atoms. The van der Waals surface area contributed by atoms with Crippen LogP contribution < -0.4 is 11.1 Å². The molecule has 42 heavy (non-hydrogen) atoms. The zero-order valence-corrected chi connectivity index (χ0v) is 26.0. The standard InChI is InChI=1S/C34H43ClFN5S/c1-38-34(40-21-23-14-15-25(37)19-23)29-20-30(35)31(28-13-7-10-24-9-3-4-12-27(24)28)32(36)33(29)39-16-5-2-6-17-41-22-26(41)11-8-18-42/h3-4,7,9-10,12-13,20,23,25-26,39,42H,1-2,5-6,8,11,14-19,21-22,37H2. The van der Waals surface area contributed by atoms with E-state index in [4.69, 9.17) is 22.3 Å². The van der Waals surface area contributed by atoms with Crippen LogP contribution in [0.4, 0.5) is 10.1 Å². The van der Waals surface area contributed by atoms with Crippen LogP contribution in [0.2, 0.25) is 5.02 Å². The number of anilines is 1. The van der Waals surface area contributed by atoms with Gasteiger partial charge in [-0.3, -0.25) is 9.89 Å². The van der Waals surface area contributed by atoms with Gasteiger partial charge in [-0.1, -0.05) is 60.5 Å². The minimum atomic E-state index is -0.385. The number of nitrogens with two attached hydrogens (primary N) is 1. The highest BCUT2D eigenvalue weighted by Gasteiger charge is 2.31. The van der Waals surface area contributed by atoms with Crippen LogP contribution in [-0.4, -0.2) is 61.5 Å². The Morgan fingerprint density at radius 2 is 1.95 bits per heavy atom. The normalized spacial score (nSPS) is 22.0. The number of nitrogens with zero attached hydrogens (tertiary/aromatic N) is 3. The first kappa shape index (κ1) is 31.0. The molecule has 224 valence electrons. The van der Waals surface area contributed by atoms with Crippen molar-refractivity contribution in [3.8, 4) is 11.1 Å². The van der Waals surface area contributed by atoms with E-state index in [0.29, 0.717) is 46.7 Å². The predicted molar refractivity (Wildman–Crippen MR) is 181 cm³/mol. The van der Waals surface area contributed by atoms with Crippen LogP contribution in [0.1, 0.15) is 56.9 Å². The fourth-order valence-corrected chi connectivity index (χ4v) is 6.78. The van der Waals surface area contributed by atoms with Gasteiger partial charge in [0.25, 0.3) is 0 Å². The van der Waals surface area contributed by atoms with E-state index in [1.54, 1.807) is 6.07 Å². The molecule has 1 heterocycles. The molecule has 1 aliphatic heterocycles. The SMILES string of the molecule is C=NC(=NCC1CCC(N)C1)c1cc(Cl)c(-c2cccc3ccccc23)c(F)c1NCCCCCN1CC1CCCS. The second kappa shape index (κ2) is 14.8. The van der Waals surface area contributed by atoms with E-state index in [-0.39, 0.29) is 11.9 Å². The topological polar surface area (TPSA) is 65.8 Å². The summed E-state index contributed by atoms with van der Waals surface area (Å²) in [5.41, 5.74) is 8.21. The molecule has 3 aromatic carbocycles. The molecule has 0 spiro atoms. The highest BCUT2D eigenvalue weighted by Crippen LogP contribution is 2.40. The number of aliphatic imine (C=N–C) groups is 2. The summed E-state index contributed by atoms with van der Waals surface area (Å²) in [6.45, 7) is 7.36. The molecule has 2 fully saturated rings. The minimum absolute atomic E-state index is 0.227. The Labute approximate surface area is 260 Å². The highest BCUT2D eigenvalue weighted by atomic mass is 35.5. The Hall–Kier alpha value is -2.45. The molecule has 1 saturated carbocycles. The zero-order valence-electron chi connectivity index (χ0n) is 24.4. The van der Waals surface area contributed by atoms with Crippen molar-refractivity contribution in [2.24, 2.45) is 21.6 Å². The van der Waals surface area contributed by atoms with Gasteiger partial charge in [0.05, 0.1) is 10.7 Å². The first-order valence-corrected chi connectivity index (χ1v) is 16.4. The third kappa shape index (κ3) is 7.54. The van der Waals surface area contributed by atoms with Crippen molar-refractivity contribution < 1.29 is 4.39 Å². The van der Waals surface area contributed by atoms with Crippen molar-refractivity contribution in [3.63, 3.8) is 0 Å². The van der Waals surface area contributed by atoms with Gasteiger partial charge >= 0.3 is 0 Å². The van der Waals surface area contributed by atoms with E-state index in [1.807, 2.05) is 42.5 Å². The van der Waals surface area contributed by atoms with Crippen molar-refractivity contribution in [2.75, 3.05) is 37.2 Å². The lowest BCUT2D eigenvalue weighted by Crippen LogP contribution is -2.16. The number of benzene rings is 3. The van der Waals surface area contributed by atoms with E-state index in [0.717, 1.165) is 73.2 Å². The van der Waals surface area contributed by atoms with Crippen LogP contribution in [0, 0.1) is 11.7 Å². The van der Waals surface area contributed by atoms with Gasteiger partial charge in [-0.2, -0.15) is 12.6 Å². The Morgan fingerprint density at radius 3 is 2.74 bits per heavy atom. The number of thiol groups is 1.